The number of hydrogen-bond acceptors (Lipinski definition) is 9. The first-order chi connectivity index (χ1) is 26.5. The van der Waals surface area contributed by atoms with Crippen LogP contribution < -0.4 is 10.1 Å². The number of aromatic nitrogens is 5. The van der Waals surface area contributed by atoms with Gasteiger partial charge in [-0.05, 0) is 42.0 Å². The molecule has 1 saturated heterocycles. The number of hydrogen-bond donors (Lipinski definition) is 1. The van der Waals surface area contributed by atoms with E-state index in [1.807, 2.05) is 71.5 Å². The van der Waals surface area contributed by atoms with E-state index < -0.39 is 22.1 Å². The van der Waals surface area contributed by atoms with Gasteiger partial charge >= 0.3 is 6.36 Å². The molecule has 0 bridgehead atoms. The van der Waals surface area contributed by atoms with Crippen molar-refractivity contribution in [2.45, 2.75) is 29.5 Å². The normalized spacial score (nSPS) is 13.8. The van der Waals surface area contributed by atoms with E-state index in [1.54, 1.807) is 16.7 Å². The summed E-state index contributed by atoms with van der Waals surface area (Å²) in [6.07, 6.45) is -2.97. The Morgan fingerprint density at radius 2 is 1.56 bits per heavy atom. The molecule has 1 amide bonds. The molecule has 1 aliphatic rings. The second-order valence-corrected chi connectivity index (χ2v) is 15.2. The van der Waals surface area contributed by atoms with Crippen LogP contribution in [0.2, 0.25) is 0 Å². The van der Waals surface area contributed by atoms with Crippen LogP contribution in [-0.2, 0) is 32.6 Å². The summed E-state index contributed by atoms with van der Waals surface area (Å²) in [5.74, 6) is -0.620. The fourth-order valence-corrected chi connectivity index (χ4v) is 8.21. The number of amides is 1. The number of nitrogens with zero attached hydrogens (tertiary/aromatic N) is 6. The second kappa shape index (κ2) is 16.5. The highest BCUT2D eigenvalue weighted by Crippen LogP contribution is 2.32. The van der Waals surface area contributed by atoms with E-state index in [2.05, 4.69) is 20.3 Å². The summed E-state index contributed by atoms with van der Waals surface area (Å²) in [4.78, 5) is 13.4. The Labute approximate surface area is 319 Å². The highest BCUT2D eigenvalue weighted by atomic mass is 32.2. The third kappa shape index (κ3) is 9.25. The molecule has 7 rings (SSSR count). The van der Waals surface area contributed by atoms with Gasteiger partial charge in [-0.25, -0.2) is 8.42 Å². The van der Waals surface area contributed by atoms with Gasteiger partial charge in [0, 0.05) is 48.2 Å². The van der Waals surface area contributed by atoms with Crippen molar-refractivity contribution < 1.29 is 35.9 Å². The molecular weight excluding hydrogens is 756 g/mol. The van der Waals surface area contributed by atoms with Crippen molar-refractivity contribution in [3.05, 3.63) is 127 Å². The molecule has 0 aliphatic carbocycles. The zero-order valence-corrected chi connectivity index (χ0v) is 30.7. The fourth-order valence-electron chi connectivity index (χ4n) is 5.97. The number of alkyl halides is 3. The van der Waals surface area contributed by atoms with Gasteiger partial charge in [0.05, 0.1) is 36.1 Å². The van der Waals surface area contributed by atoms with Crippen LogP contribution in [0, 0.1) is 0 Å². The Kier molecular flexibility index (Phi) is 11.3. The summed E-state index contributed by atoms with van der Waals surface area (Å²) >= 11 is 1.06. The molecule has 0 atom stereocenters. The molecule has 0 saturated carbocycles. The van der Waals surface area contributed by atoms with Crippen LogP contribution >= 0.6 is 11.8 Å². The zero-order chi connectivity index (χ0) is 38.4. The molecule has 55 heavy (non-hydrogen) atoms. The summed E-state index contributed by atoms with van der Waals surface area (Å²) in [6, 6.07) is 30.8. The predicted molar refractivity (Wildman–Crippen MR) is 199 cm³/mol. The maximum atomic E-state index is 13.5. The van der Waals surface area contributed by atoms with Gasteiger partial charge in [-0.3, -0.25) is 14.0 Å². The number of benzene rings is 4. The van der Waals surface area contributed by atoms with Gasteiger partial charge < -0.3 is 14.8 Å². The van der Waals surface area contributed by atoms with E-state index in [-0.39, 0.29) is 60.4 Å². The minimum Gasteiger partial charge on any atom is -0.406 e. The van der Waals surface area contributed by atoms with Crippen LogP contribution in [0.5, 0.6) is 5.75 Å². The number of thioether (sulfide) groups is 1. The first-order valence-corrected chi connectivity index (χ1v) is 19.5. The monoisotopic (exact) mass is 789 g/mol. The number of morpholine rings is 1. The summed E-state index contributed by atoms with van der Waals surface area (Å²) in [5.41, 5.74) is 4.28. The molecule has 4 aromatic carbocycles. The lowest BCUT2D eigenvalue weighted by Crippen LogP contribution is -2.40. The van der Waals surface area contributed by atoms with Crippen molar-refractivity contribution in [3.63, 3.8) is 0 Å². The van der Waals surface area contributed by atoms with Crippen molar-refractivity contribution in [1.82, 2.24) is 34.2 Å². The second-order valence-electron chi connectivity index (χ2n) is 12.3. The molecule has 0 radical (unpaired) electrons. The standard InChI is InChI=1S/C38H34F3N7O5S2/c39-38(40,41)53-32-16-14-31(15-17-32)48-36(29-12-7-13-33(22-29)55(50,51)47-18-20-52-21-19-47)43-44-37(48)54-26-34(49)42-23-30-25-46(24-27-8-3-1-4-9-27)45-35(30)28-10-5-2-6-11-28/h1-17,22,25H,18-21,23-24,26H2,(H,42,49). The molecule has 0 spiro atoms. The lowest BCUT2D eigenvalue weighted by molar-refractivity contribution is -0.274. The topological polar surface area (TPSA) is 133 Å². The lowest BCUT2D eigenvalue weighted by Gasteiger charge is -2.26. The molecule has 12 nitrogen and oxygen atoms in total. The first kappa shape index (κ1) is 37.8. The van der Waals surface area contributed by atoms with Crippen molar-refractivity contribution in [2.24, 2.45) is 0 Å². The van der Waals surface area contributed by atoms with E-state index in [1.165, 1.54) is 28.6 Å². The minimum absolute atomic E-state index is 0.0333. The molecule has 17 heteroatoms. The van der Waals surface area contributed by atoms with Crippen LogP contribution in [0.1, 0.15) is 11.1 Å². The van der Waals surface area contributed by atoms with Gasteiger partial charge in [-0.1, -0.05) is 84.6 Å². The Bertz CT molecular complexity index is 2350. The number of ether oxygens (including phenoxy) is 2. The molecule has 1 aliphatic heterocycles. The largest absolute Gasteiger partial charge is 0.573 e. The highest BCUT2D eigenvalue weighted by molar-refractivity contribution is 7.99. The Balaban J connectivity index is 1.13. The maximum absolute atomic E-state index is 13.5. The van der Waals surface area contributed by atoms with Gasteiger partial charge in [0.15, 0.2) is 11.0 Å². The van der Waals surface area contributed by atoms with Crippen LogP contribution in [-0.4, -0.2) is 81.6 Å². The fraction of sp³-hybridized carbons (Fsp3) is 0.211. The number of rotatable bonds is 13. The van der Waals surface area contributed by atoms with Gasteiger partial charge in [0.2, 0.25) is 15.9 Å². The molecular formula is C38H34F3N7O5S2. The van der Waals surface area contributed by atoms with Crippen molar-refractivity contribution in [1.29, 1.82) is 0 Å². The van der Waals surface area contributed by atoms with Gasteiger partial charge in [-0.15, -0.1) is 23.4 Å². The van der Waals surface area contributed by atoms with Crippen molar-refractivity contribution in [3.8, 4) is 34.1 Å². The molecule has 1 N–H and O–H groups in total. The number of sulfonamides is 1. The molecule has 6 aromatic rings. The average Bonchev–Trinajstić information content (AvgIpc) is 3.81. The highest BCUT2D eigenvalue weighted by Gasteiger charge is 2.31. The molecule has 0 unspecified atom stereocenters. The van der Waals surface area contributed by atoms with E-state index in [0.29, 0.717) is 17.8 Å². The number of nitrogens with one attached hydrogen (secondary N) is 1. The van der Waals surface area contributed by atoms with Gasteiger partial charge in [0.25, 0.3) is 0 Å². The van der Waals surface area contributed by atoms with Gasteiger partial charge in [-0.2, -0.15) is 9.40 Å². The first-order valence-electron chi connectivity index (χ1n) is 17.1. The Morgan fingerprint density at radius 1 is 0.873 bits per heavy atom. The average molecular weight is 790 g/mol. The zero-order valence-electron chi connectivity index (χ0n) is 29.1. The maximum Gasteiger partial charge on any atom is 0.573 e. The van der Waals surface area contributed by atoms with Crippen LogP contribution in [0.4, 0.5) is 13.2 Å². The summed E-state index contributed by atoms with van der Waals surface area (Å²) in [5, 5.41) is 16.7. The molecule has 284 valence electrons. The molecule has 1 fully saturated rings. The SMILES string of the molecule is O=C(CSc1nnc(-c2cccc(S(=O)(=O)N3CCOCC3)c2)n1-c1ccc(OC(F)(F)F)cc1)NCc1cn(Cc2ccccc2)nc1-c1ccccc1. The van der Waals surface area contributed by atoms with Crippen LogP contribution in [0.3, 0.4) is 0 Å². The van der Waals surface area contributed by atoms with E-state index in [0.717, 1.165) is 46.3 Å². The number of carbonyl (C=O) groups is 1. The number of halogens is 3. The Hall–Kier alpha value is -5.49. The third-order valence-electron chi connectivity index (χ3n) is 8.54. The summed E-state index contributed by atoms with van der Waals surface area (Å²) in [6.45, 7) is 1.72. The summed E-state index contributed by atoms with van der Waals surface area (Å²) < 4.78 is 79.8. The molecule has 3 heterocycles. The van der Waals surface area contributed by atoms with Gasteiger partial charge in [0.1, 0.15) is 5.75 Å². The molecule has 2 aromatic heterocycles. The number of carbonyl (C=O) groups excluding carboxylic acids is 1. The predicted octanol–water partition coefficient (Wildman–Crippen LogP) is 6.17. The van der Waals surface area contributed by atoms with Crippen LogP contribution in [0.25, 0.3) is 28.3 Å². The third-order valence-corrected chi connectivity index (χ3v) is 11.4. The minimum atomic E-state index is -4.88. The van der Waals surface area contributed by atoms with E-state index in [4.69, 9.17) is 9.84 Å². The van der Waals surface area contributed by atoms with Crippen LogP contribution in [0.15, 0.2) is 125 Å². The van der Waals surface area contributed by atoms with E-state index in [9.17, 15) is 26.4 Å². The lowest BCUT2D eigenvalue weighted by atomic mass is 10.1. The van der Waals surface area contributed by atoms with Crippen molar-refractivity contribution in [2.75, 3.05) is 32.1 Å². The summed E-state index contributed by atoms with van der Waals surface area (Å²) in [7, 11) is -3.86. The smallest absolute Gasteiger partial charge is 0.406 e. The van der Waals surface area contributed by atoms with Crippen molar-refractivity contribution >= 4 is 27.7 Å². The quantitative estimate of drug-likeness (QED) is 0.136. The Morgan fingerprint density at radius 3 is 2.27 bits per heavy atom. The van der Waals surface area contributed by atoms with E-state index >= 15 is 0 Å².